The summed E-state index contributed by atoms with van der Waals surface area (Å²) in [6, 6.07) is 14.8. The normalized spacial score (nSPS) is 25.8. The molecule has 4 aromatic rings. The zero-order chi connectivity index (χ0) is 36.9. The fourth-order valence-corrected chi connectivity index (χ4v) is 10.9. The van der Waals surface area contributed by atoms with Crippen molar-refractivity contribution in [2.45, 2.75) is 81.5 Å². The third-order valence-electron chi connectivity index (χ3n) is 12.0. The molecule has 0 radical (unpaired) electrons. The Morgan fingerprint density at radius 1 is 0.962 bits per heavy atom. The molecule has 0 bridgehead atoms. The topological polar surface area (TPSA) is 97.5 Å². The van der Waals surface area contributed by atoms with Crippen LogP contribution in [-0.4, -0.2) is 69.9 Å². The highest BCUT2D eigenvalue weighted by molar-refractivity contribution is 6.77. The lowest BCUT2D eigenvalue weighted by atomic mass is 10.0. The fourth-order valence-electron chi connectivity index (χ4n) is 8.94. The van der Waals surface area contributed by atoms with Gasteiger partial charge in [-0.2, -0.15) is 0 Å². The molecular formula is C40H50F3N7O2Si. The molecule has 53 heavy (non-hydrogen) atoms. The number of hydrogen-bond acceptors (Lipinski definition) is 7. The first-order valence-corrected chi connectivity index (χ1v) is 22.6. The van der Waals surface area contributed by atoms with E-state index in [0.717, 1.165) is 54.9 Å². The molecule has 9 nitrogen and oxygen atoms in total. The Morgan fingerprint density at radius 3 is 2.40 bits per heavy atom. The number of methoxy groups -OCH3 is 1. The van der Waals surface area contributed by atoms with Gasteiger partial charge in [0.25, 0.3) is 0 Å². The molecule has 4 aliphatic heterocycles. The van der Waals surface area contributed by atoms with Gasteiger partial charge in [0, 0.05) is 49.7 Å². The minimum absolute atomic E-state index is 0.0223. The summed E-state index contributed by atoms with van der Waals surface area (Å²) in [6.45, 7) is 8.19. The van der Waals surface area contributed by atoms with Gasteiger partial charge in [-0.05, 0) is 92.6 Å². The van der Waals surface area contributed by atoms with E-state index in [4.69, 9.17) is 9.72 Å². The van der Waals surface area contributed by atoms with Gasteiger partial charge in [0.15, 0.2) is 11.6 Å². The highest BCUT2D eigenvalue weighted by Gasteiger charge is 2.39. The molecule has 0 saturated carbocycles. The molecule has 1 aromatic heterocycles. The molecule has 0 aliphatic carbocycles. The number of imidazole rings is 1. The van der Waals surface area contributed by atoms with Crippen molar-refractivity contribution in [3.05, 3.63) is 82.9 Å². The summed E-state index contributed by atoms with van der Waals surface area (Å²) in [5.74, 6) is -0.604. The van der Waals surface area contributed by atoms with Crippen molar-refractivity contribution in [2.75, 3.05) is 55.0 Å². The smallest absolute Gasteiger partial charge is 0.241 e. The van der Waals surface area contributed by atoms with Gasteiger partial charge in [-0.25, -0.2) is 18.2 Å². The molecule has 1 amide bonds. The quantitative estimate of drug-likeness (QED) is 0.131. The number of rotatable bonds is 9. The zero-order valence-corrected chi connectivity index (χ0v) is 31.8. The number of nitrogens with zero attached hydrogens (tertiary/aromatic N) is 3. The number of ether oxygens (including phenoxy) is 1. The number of fused-ring (bicyclic) bond motifs is 1. The van der Waals surface area contributed by atoms with Crippen LogP contribution in [0, 0.1) is 23.4 Å². The average Bonchev–Trinajstić information content (AvgIpc) is 3.96. The van der Waals surface area contributed by atoms with Gasteiger partial charge in [0.1, 0.15) is 17.3 Å². The number of nitrogens with one attached hydrogen (secondary N) is 4. The van der Waals surface area contributed by atoms with Crippen LogP contribution in [0.2, 0.25) is 25.2 Å². The monoisotopic (exact) mass is 745 g/mol. The molecule has 4 fully saturated rings. The van der Waals surface area contributed by atoms with Gasteiger partial charge >= 0.3 is 0 Å². The Labute approximate surface area is 310 Å². The minimum Gasteiger partial charge on any atom is -0.384 e. The average molecular weight is 746 g/mol. The second-order valence-electron chi connectivity index (χ2n) is 16.2. The molecule has 5 atom stereocenters. The zero-order valence-electron chi connectivity index (χ0n) is 30.8. The molecule has 5 heterocycles. The summed E-state index contributed by atoms with van der Waals surface area (Å²) < 4.78 is 53.8. The Morgan fingerprint density at radius 2 is 1.70 bits per heavy atom. The summed E-state index contributed by atoms with van der Waals surface area (Å²) >= 11 is 0. The van der Waals surface area contributed by atoms with Gasteiger partial charge in [0.05, 0.1) is 49.9 Å². The van der Waals surface area contributed by atoms with E-state index in [1.54, 1.807) is 7.11 Å². The predicted molar refractivity (Wildman–Crippen MR) is 206 cm³/mol. The largest absolute Gasteiger partial charge is 0.384 e. The number of carbonyl (C=O) groups is 1. The summed E-state index contributed by atoms with van der Waals surface area (Å²) in [4.78, 5) is 25.0. The highest BCUT2D eigenvalue weighted by atomic mass is 28.3. The van der Waals surface area contributed by atoms with Gasteiger partial charge in [-0.3, -0.25) is 4.79 Å². The number of carbonyl (C=O) groups excluding carboxylic acids is 1. The minimum atomic E-state index is -1.35. The lowest BCUT2D eigenvalue weighted by molar-refractivity contribution is -0.117. The van der Waals surface area contributed by atoms with Crippen LogP contribution in [0.5, 0.6) is 0 Å². The van der Waals surface area contributed by atoms with Crippen LogP contribution in [0.3, 0.4) is 0 Å². The summed E-state index contributed by atoms with van der Waals surface area (Å²) in [5.41, 5.74) is 3.73. The van der Waals surface area contributed by atoms with Crippen molar-refractivity contribution in [2.24, 2.45) is 5.92 Å². The maximum atomic E-state index is 16.2. The van der Waals surface area contributed by atoms with E-state index in [1.165, 1.54) is 18.2 Å². The maximum absolute atomic E-state index is 16.2. The van der Waals surface area contributed by atoms with E-state index in [1.807, 2.05) is 40.1 Å². The lowest BCUT2D eigenvalue weighted by Gasteiger charge is -2.38. The molecule has 0 unspecified atom stereocenters. The first-order valence-electron chi connectivity index (χ1n) is 19.1. The first-order chi connectivity index (χ1) is 25.6. The molecule has 3 aromatic carbocycles. The molecule has 282 valence electrons. The Hall–Kier alpha value is -3.91. The molecule has 8 rings (SSSR count). The summed E-state index contributed by atoms with van der Waals surface area (Å²) in [6.07, 6.45) is 3.94. The SMILES string of the molecule is COC[C@@H]1CN[C@H](C(=O)Nc2ccc([C@H]3CC[C@H](c4cc5[nH]c([C@@H]6CCCN6)nc5cc4F)N3c3cc(F)c(N4CC[Si](C)(C)CC4)c(F)c3)cc2)C1. The van der Waals surface area contributed by atoms with Crippen LogP contribution in [0.15, 0.2) is 48.5 Å². The number of amides is 1. The standard InChI is InChI=1S/C40H50F3N7O2Si/c1-52-23-24-17-35(45-22-24)40(51)46-26-8-6-25(7-9-26)36-10-11-37(28-20-33-34(21-29(28)41)48-39(47-33)32-5-4-12-44-32)50(36)27-18-30(42)38(31(43)19-27)49-13-15-53(2,3)16-14-49/h6-9,18-21,24,32,35-37,44-45H,4-5,10-17,22-23H2,1-3H3,(H,46,51)(H,47,48)/t24-,32-,35-,36+,37+/m0/s1. The van der Waals surface area contributed by atoms with Crippen molar-refractivity contribution in [1.29, 1.82) is 0 Å². The van der Waals surface area contributed by atoms with Gasteiger partial charge in [0.2, 0.25) is 5.91 Å². The third kappa shape index (κ3) is 7.32. The molecule has 13 heteroatoms. The Balaban J connectivity index is 1.10. The number of anilines is 3. The van der Waals surface area contributed by atoms with Crippen LogP contribution in [0.1, 0.15) is 67.2 Å². The number of hydrogen-bond donors (Lipinski definition) is 4. The molecule has 4 N–H and O–H groups in total. The second kappa shape index (κ2) is 14.7. The first kappa shape index (κ1) is 36.1. The van der Waals surface area contributed by atoms with Crippen LogP contribution >= 0.6 is 0 Å². The van der Waals surface area contributed by atoms with E-state index in [2.05, 4.69) is 34.0 Å². The van der Waals surface area contributed by atoms with Crippen LogP contribution in [-0.2, 0) is 9.53 Å². The summed E-state index contributed by atoms with van der Waals surface area (Å²) in [5, 5.41) is 9.75. The van der Waals surface area contributed by atoms with Crippen molar-refractivity contribution in [3.63, 3.8) is 0 Å². The van der Waals surface area contributed by atoms with Gasteiger partial charge in [-0.1, -0.05) is 25.2 Å². The molecule has 4 aliphatic rings. The number of halogens is 3. The second-order valence-corrected chi connectivity index (χ2v) is 21.5. The highest BCUT2D eigenvalue weighted by Crippen LogP contribution is 2.49. The molecule has 0 spiro atoms. The van der Waals surface area contributed by atoms with Crippen LogP contribution in [0.4, 0.5) is 30.2 Å². The molecular weight excluding hydrogens is 696 g/mol. The third-order valence-corrected chi connectivity index (χ3v) is 15.1. The fraction of sp³-hybridized carbons (Fsp3) is 0.500. The van der Waals surface area contributed by atoms with Gasteiger partial charge < -0.3 is 35.5 Å². The van der Waals surface area contributed by atoms with E-state index >= 15 is 13.2 Å². The van der Waals surface area contributed by atoms with Gasteiger partial charge in [-0.15, -0.1) is 0 Å². The summed E-state index contributed by atoms with van der Waals surface area (Å²) in [7, 11) is 0.312. The predicted octanol–water partition coefficient (Wildman–Crippen LogP) is 7.58. The van der Waals surface area contributed by atoms with Crippen molar-refractivity contribution < 1.29 is 22.7 Å². The van der Waals surface area contributed by atoms with Crippen molar-refractivity contribution >= 4 is 42.1 Å². The van der Waals surface area contributed by atoms with Crippen LogP contribution in [0.25, 0.3) is 11.0 Å². The molecule has 4 saturated heterocycles. The lowest BCUT2D eigenvalue weighted by Crippen LogP contribution is -2.43. The van der Waals surface area contributed by atoms with Crippen molar-refractivity contribution in [3.8, 4) is 0 Å². The number of H-pyrrole nitrogens is 1. The number of aromatic nitrogens is 2. The van der Waals surface area contributed by atoms with E-state index < -0.39 is 31.6 Å². The van der Waals surface area contributed by atoms with E-state index in [9.17, 15) is 4.79 Å². The number of aromatic amines is 1. The van der Waals surface area contributed by atoms with E-state index in [0.29, 0.717) is 67.3 Å². The van der Waals surface area contributed by atoms with Crippen molar-refractivity contribution in [1.82, 2.24) is 20.6 Å². The van der Waals surface area contributed by atoms with Crippen LogP contribution < -0.4 is 25.8 Å². The van der Waals surface area contributed by atoms with E-state index in [-0.39, 0.29) is 29.7 Å². The number of benzene rings is 3. The maximum Gasteiger partial charge on any atom is 0.241 e. The Kier molecular flexibility index (Phi) is 10.0. The Bertz CT molecular complexity index is 1930.